The molecule has 0 aliphatic rings. The standard InChI is InChI=1S/C100H71N5Si3/c1-10-38-74(39-11-1)106(75-40-12-2-13-41-75,76-42-14-3-15-43-76)83-56-34-36-72(68-83)91-71-97(102-100(101-91)104-92-61-31-29-59-87(92)90-70-85(64-66-95(90)104)108(80-50-22-7-23-51-80,81-52-24-8-25-53-81)82-54-26-9-27-55-82)105-93-62-32-28-58-86(93)88-65-67-96-98(99(88)105)89-60-30-33-63-94(89)103(96)73-37-35-57-84(69-73)107(77-44-16-4-17-45-77,78-46-18-5-19-47-78)79-48-20-6-21-49-79/h1-71H. The lowest BCUT2D eigenvalue weighted by atomic mass is 10.1. The van der Waals surface area contributed by atoms with E-state index >= 15 is 0 Å². The van der Waals surface area contributed by atoms with E-state index in [1.807, 2.05) is 0 Å². The maximum absolute atomic E-state index is 6.08. The smallest absolute Gasteiger partial charge is 0.237 e. The quantitative estimate of drug-likeness (QED) is 0.0714. The Morgan fingerprint density at radius 1 is 0.194 bits per heavy atom. The topological polar surface area (TPSA) is 40.6 Å². The minimum absolute atomic E-state index is 0.572. The average Bonchev–Trinajstić information content (AvgIpc) is 1.42. The fourth-order valence-corrected chi connectivity index (χ4v) is 32.6. The van der Waals surface area contributed by atoms with E-state index in [1.165, 1.54) is 62.2 Å². The Morgan fingerprint density at radius 2 is 0.528 bits per heavy atom. The molecule has 0 fully saturated rings. The first-order valence-electron chi connectivity index (χ1n) is 37.2. The molecule has 508 valence electrons. The van der Waals surface area contributed by atoms with Gasteiger partial charge in [0.2, 0.25) is 5.95 Å². The van der Waals surface area contributed by atoms with Gasteiger partial charge in [0.15, 0.2) is 24.2 Å². The number of benzene rings is 16. The maximum atomic E-state index is 6.08. The summed E-state index contributed by atoms with van der Waals surface area (Å²) in [7, 11) is -8.96. The highest BCUT2D eigenvalue weighted by atomic mass is 28.3. The summed E-state index contributed by atoms with van der Waals surface area (Å²) in [5.74, 6) is 1.33. The molecule has 16 aromatic carbocycles. The molecular weight excluding hydrogens is 1360 g/mol. The zero-order chi connectivity index (χ0) is 71.6. The molecule has 20 rings (SSSR count). The molecule has 8 heteroatoms. The second-order valence-electron chi connectivity index (χ2n) is 28.2. The number of hydrogen-bond acceptors (Lipinski definition) is 2. The van der Waals surface area contributed by atoms with E-state index in [-0.39, 0.29) is 0 Å². The predicted molar refractivity (Wildman–Crippen MR) is 461 cm³/mol. The zero-order valence-corrected chi connectivity index (χ0v) is 62.2. The van der Waals surface area contributed by atoms with E-state index in [9.17, 15) is 0 Å². The summed E-state index contributed by atoms with van der Waals surface area (Å²) < 4.78 is 7.31. The van der Waals surface area contributed by atoms with E-state index in [4.69, 9.17) is 9.97 Å². The van der Waals surface area contributed by atoms with Crippen LogP contribution in [0.4, 0.5) is 0 Å². The molecule has 4 heterocycles. The number of aromatic nitrogens is 5. The van der Waals surface area contributed by atoms with Crippen LogP contribution < -0.4 is 62.2 Å². The van der Waals surface area contributed by atoms with Gasteiger partial charge in [0.1, 0.15) is 5.82 Å². The number of hydrogen-bond donors (Lipinski definition) is 0. The Kier molecular flexibility index (Phi) is 15.9. The third-order valence-corrected chi connectivity index (χ3v) is 37.0. The van der Waals surface area contributed by atoms with Gasteiger partial charge < -0.3 is 4.57 Å². The van der Waals surface area contributed by atoms with Crippen molar-refractivity contribution in [1.82, 2.24) is 23.7 Å². The van der Waals surface area contributed by atoms with Crippen molar-refractivity contribution in [3.8, 4) is 28.7 Å². The number of para-hydroxylation sites is 3. The lowest BCUT2D eigenvalue weighted by Crippen LogP contribution is -2.74. The van der Waals surface area contributed by atoms with Crippen molar-refractivity contribution in [2.45, 2.75) is 0 Å². The van der Waals surface area contributed by atoms with E-state index in [1.54, 1.807) is 0 Å². The Balaban J connectivity index is 0.869. The van der Waals surface area contributed by atoms with Gasteiger partial charge in [0, 0.05) is 49.6 Å². The maximum Gasteiger partial charge on any atom is 0.237 e. The molecule has 0 aliphatic heterocycles. The Hall–Kier alpha value is -13.3. The van der Waals surface area contributed by atoms with Crippen LogP contribution in [0, 0.1) is 0 Å². The predicted octanol–water partition coefficient (Wildman–Crippen LogP) is 15.6. The Morgan fingerprint density at radius 3 is 0.972 bits per heavy atom. The van der Waals surface area contributed by atoms with Gasteiger partial charge in [0.05, 0.1) is 38.8 Å². The van der Waals surface area contributed by atoms with Gasteiger partial charge in [-0.1, -0.05) is 382 Å². The minimum Gasteiger partial charge on any atom is -0.309 e. The second kappa shape index (κ2) is 26.7. The highest BCUT2D eigenvalue weighted by molar-refractivity contribution is 7.21. The van der Waals surface area contributed by atoms with Crippen LogP contribution in [0.15, 0.2) is 431 Å². The van der Waals surface area contributed by atoms with Crippen molar-refractivity contribution < 1.29 is 0 Å². The van der Waals surface area contributed by atoms with Crippen LogP contribution in [0.25, 0.3) is 94.1 Å². The molecule has 0 unspecified atom stereocenters. The molecule has 0 amide bonds. The van der Waals surface area contributed by atoms with Crippen molar-refractivity contribution >= 4 is 152 Å². The molecule has 0 aliphatic carbocycles. The van der Waals surface area contributed by atoms with E-state index in [2.05, 4.69) is 444 Å². The Labute approximate surface area is 630 Å². The molecule has 0 saturated heterocycles. The first-order chi connectivity index (χ1) is 53.6. The zero-order valence-electron chi connectivity index (χ0n) is 59.2. The third-order valence-electron chi connectivity index (χ3n) is 22.7. The SMILES string of the molecule is c1ccc([Si](c2ccccc2)(c2ccccc2)c2cccc(-c3cc(-n4c5ccccc5c5ccc6c(c7ccccc7n6-c6cccc([Si](c7ccccc7)(c7ccccc7)c7ccccc7)c6)c54)nc(-n4c5ccccc5c5cc([Si](c6ccccc6)(c6ccccc6)c6ccccc6)ccc54)n3)c2)cc1. The molecule has 0 spiro atoms. The summed E-state index contributed by atoms with van der Waals surface area (Å²) in [5, 5.41) is 22.5. The van der Waals surface area contributed by atoms with Crippen LogP contribution in [0.2, 0.25) is 0 Å². The van der Waals surface area contributed by atoms with Crippen LogP contribution in [-0.2, 0) is 0 Å². The van der Waals surface area contributed by atoms with Gasteiger partial charge in [-0.25, -0.2) is 4.98 Å². The first kappa shape index (κ1) is 64.3. The van der Waals surface area contributed by atoms with Crippen LogP contribution >= 0.6 is 0 Å². The molecule has 20 aromatic rings. The Bertz CT molecular complexity index is 6420. The fraction of sp³-hybridized carbons (Fsp3) is 0. The summed E-state index contributed by atoms with van der Waals surface area (Å²) in [6.07, 6.45) is 0. The average molecular weight is 1430 g/mol. The highest BCUT2D eigenvalue weighted by Crippen LogP contribution is 2.43. The minimum atomic E-state index is -3.04. The van der Waals surface area contributed by atoms with Crippen LogP contribution in [-0.4, -0.2) is 47.9 Å². The summed E-state index contributed by atoms with van der Waals surface area (Å²) in [5.41, 5.74) is 9.27. The molecule has 0 saturated carbocycles. The molecule has 0 atom stereocenters. The van der Waals surface area contributed by atoms with Crippen molar-refractivity contribution in [3.63, 3.8) is 0 Å². The summed E-state index contributed by atoms with van der Waals surface area (Å²) in [4.78, 5) is 12.1. The number of rotatable bonds is 16. The summed E-state index contributed by atoms with van der Waals surface area (Å²) >= 11 is 0. The fourth-order valence-electron chi connectivity index (χ4n) is 18.2. The largest absolute Gasteiger partial charge is 0.309 e. The summed E-state index contributed by atoms with van der Waals surface area (Å²) in [6, 6.07) is 161. The number of fused-ring (bicyclic) bond motifs is 10. The molecule has 0 N–H and O–H groups in total. The monoisotopic (exact) mass is 1430 g/mol. The third kappa shape index (κ3) is 10.1. The molecule has 4 aromatic heterocycles. The van der Waals surface area contributed by atoms with Crippen molar-refractivity contribution in [2.75, 3.05) is 0 Å². The second-order valence-corrected chi connectivity index (χ2v) is 39.7. The van der Waals surface area contributed by atoms with E-state index in [0.717, 1.165) is 88.2 Å². The van der Waals surface area contributed by atoms with E-state index < -0.39 is 24.2 Å². The highest BCUT2D eigenvalue weighted by Gasteiger charge is 2.45. The van der Waals surface area contributed by atoms with Gasteiger partial charge in [-0.05, 0) is 105 Å². The lowest BCUT2D eigenvalue weighted by molar-refractivity contribution is 0.953. The van der Waals surface area contributed by atoms with Crippen LogP contribution in [0.1, 0.15) is 0 Å². The van der Waals surface area contributed by atoms with Gasteiger partial charge in [0.25, 0.3) is 0 Å². The first-order valence-corrected chi connectivity index (χ1v) is 43.2. The van der Waals surface area contributed by atoms with Crippen molar-refractivity contribution in [3.05, 3.63) is 431 Å². The van der Waals surface area contributed by atoms with Gasteiger partial charge >= 0.3 is 0 Å². The van der Waals surface area contributed by atoms with Gasteiger partial charge in [-0.15, -0.1) is 0 Å². The molecule has 5 nitrogen and oxygen atoms in total. The molecule has 0 radical (unpaired) electrons. The van der Waals surface area contributed by atoms with Crippen LogP contribution in [0.5, 0.6) is 0 Å². The van der Waals surface area contributed by atoms with Gasteiger partial charge in [-0.3, -0.25) is 9.13 Å². The van der Waals surface area contributed by atoms with Gasteiger partial charge in [-0.2, -0.15) is 4.98 Å². The van der Waals surface area contributed by atoms with E-state index in [0.29, 0.717) is 5.95 Å². The summed E-state index contributed by atoms with van der Waals surface area (Å²) in [6.45, 7) is 0. The molecule has 108 heavy (non-hydrogen) atoms. The van der Waals surface area contributed by atoms with Crippen LogP contribution in [0.3, 0.4) is 0 Å². The number of nitrogens with zero attached hydrogens (tertiary/aromatic N) is 5. The molecule has 0 bridgehead atoms. The normalized spacial score (nSPS) is 12.1. The lowest BCUT2D eigenvalue weighted by Gasteiger charge is -2.34. The molecular formula is C100H71N5Si3. The van der Waals surface area contributed by atoms with Crippen molar-refractivity contribution in [1.29, 1.82) is 0 Å². The van der Waals surface area contributed by atoms with Crippen molar-refractivity contribution in [2.24, 2.45) is 0 Å².